The van der Waals surface area contributed by atoms with Crippen LogP contribution in [0.25, 0.3) is 10.9 Å². The zero-order chi connectivity index (χ0) is 13.2. The van der Waals surface area contributed by atoms with Crippen molar-refractivity contribution >= 4 is 45.0 Å². The van der Waals surface area contributed by atoms with Gasteiger partial charge in [-0.1, -0.05) is 23.5 Å². The van der Waals surface area contributed by atoms with E-state index in [4.69, 9.17) is 11.5 Å². The number of aromatic nitrogens is 3. The van der Waals surface area contributed by atoms with Crippen LogP contribution in [0.3, 0.4) is 0 Å². The topological polar surface area (TPSA) is 90.7 Å². The van der Waals surface area contributed by atoms with Crippen molar-refractivity contribution in [2.45, 2.75) is 9.96 Å². The molecule has 0 bridgehead atoms. The molecule has 0 saturated carbocycles. The van der Waals surface area contributed by atoms with E-state index in [0.717, 1.165) is 15.1 Å². The van der Waals surface area contributed by atoms with Gasteiger partial charge in [0.25, 0.3) is 0 Å². The van der Waals surface area contributed by atoms with Crippen molar-refractivity contribution in [1.29, 1.82) is 0 Å². The van der Waals surface area contributed by atoms with Crippen molar-refractivity contribution in [2.75, 3.05) is 11.5 Å². The average Bonchev–Trinajstić information content (AvgIpc) is 2.82. The van der Waals surface area contributed by atoms with Crippen molar-refractivity contribution in [3.63, 3.8) is 0 Å². The maximum atomic E-state index is 5.94. The SMILES string of the molecule is Nc1ncc(SCc2nc(N)c3ccccc3n2)s1. The molecular formula is C12H11N5S2. The van der Waals surface area contributed by atoms with Crippen LogP contribution in [0.2, 0.25) is 0 Å². The second-order valence-corrected chi connectivity index (χ2v) is 6.19. The molecule has 0 saturated heterocycles. The minimum absolute atomic E-state index is 0.519. The molecule has 4 N–H and O–H groups in total. The number of rotatable bonds is 3. The lowest BCUT2D eigenvalue weighted by Crippen LogP contribution is -1.99. The molecule has 7 heteroatoms. The normalized spacial score (nSPS) is 10.9. The number of hydrogen-bond acceptors (Lipinski definition) is 7. The summed E-state index contributed by atoms with van der Waals surface area (Å²) in [6.07, 6.45) is 1.76. The summed E-state index contributed by atoms with van der Waals surface area (Å²) in [5.74, 6) is 1.88. The van der Waals surface area contributed by atoms with Gasteiger partial charge in [-0.25, -0.2) is 15.0 Å². The number of nitrogens with zero attached hydrogens (tertiary/aromatic N) is 3. The zero-order valence-corrected chi connectivity index (χ0v) is 11.5. The Kier molecular flexibility index (Phi) is 3.22. The minimum Gasteiger partial charge on any atom is -0.383 e. The van der Waals surface area contributed by atoms with Crippen LogP contribution >= 0.6 is 23.1 Å². The average molecular weight is 289 g/mol. The lowest BCUT2D eigenvalue weighted by molar-refractivity contribution is 1.08. The molecule has 0 unspecified atom stereocenters. The molecule has 2 aromatic heterocycles. The third-order valence-electron chi connectivity index (χ3n) is 2.52. The summed E-state index contributed by atoms with van der Waals surface area (Å²) in [7, 11) is 0. The van der Waals surface area contributed by atoms with E-state index in [2.05, 4.69) is 15.0 Å². The van der Waals surface area contributed by atoms with Crippen molar-refractivity contribution in [3.05, 3.63) is 36.3 Å². The highest BCUT2D eigenvalue weighted by Gasteiger charge is 2.06. The summed E-state index contributed by atoms with van der Waals surface area (Å²) in [6.45, 7) is 0. The van der Waals surface area contributed by atoms with Gasteiger partial charge in [-0.15, -0.1) is 11.8 Å². The smallest absolute Gasteiger partial charge is 0.181 e. The number of anilines is 2. The van der Waals surface area contributed by atoms with Crippen LogP contribution in [0.4, 0.5) is 10.9 Å². The highest BCUT2D eigenvalue weighted by molar-refractivity contribution is 8.00. The van der Waals surface area contributed by atoms with Gasteiger partial charge in [0.15, 0.2) is 5.13 Å². The maximum absolute atomic E-state index is 5.94. The molecule has 0 aliphatic heterocycles. The summed E-state index contributed by atoms with van der Waals surface area (Å²) >= 11 is 3.06. The van der Waals surface area contributed by atoms with Gasteiger partial charge >= 0.3 is 0 Å². The summed E-state index contributed by atoms with van der Waals surface area (Å²) < 4.78 is 1.05. The Balaban J connectivity index is 1.85. The summed E-state index contributed by atoms with van der Waals surface area (Å²) in [5, 5.41) is 1.46. The van der Waals surface area contributed by atoms with Gasteiger partial charge < -0.3 is 11.5 Å². The number of nitrogens with two attached hydrogens (primary N) is 2. The van der Waals surface area contributed by atoms with Crippen molar-refractivity contribution in [2.24, 2.45) is 0 Å². The molecule has 96 valence electrons. The van der Waals surface area contributed by atoms with E-state index in [-0.39, 0.29) is 0 Å². The molecule has 3 aromatic rings. The Morgan fingerprint density at radius 3 is 2.79 bits per heavy atom. The molecule has 2 heterocycles. The van der Waals surface area contributed by atoms with Crippen molar-refractivity contribution in [3.8, 4) is 0 Å². The Bertz CT molecular complexity index is 725. The molecule has 1 aromatic carbocycles. The number of fused-ring (bicyclic) bond motifs is 1. The summed E-state index contributed by atoms with van der Waals surface area (Å²) in [4.78, 5) is 12.8. The first-order valence-electron chi connectivity index (χ1n) is 5.57. The third kappa shape index (κ3) is 2.61. The molecule has 0 amide bonds. The van der Waals surface area contributed by atoms with Gasteiger partial charge in [0.1, 0.15) is 11.6 Å². The second kappa shape index (κ2) is 5.02. The molecule has 0 aliphatic rings. The number of para-hydroxylation sites is 1. The van der Waals surface area contributed by atoms with Crippen LogP contribution in [-0.4, -0.2) is 15.0 Å². The number of nitrogen functional groups attached to an aromatic ring is 2. The highest BCUT2D eigenvalue weighted by Crippen LogP contribution is 2.29. The summed E-state index contributed by atoms with van der Waals surface area (Å²) in [5.41, 5.74) is 12.4. The fraction of sp³-hybridized carbons (Fsp3) is 0.0833. The van der Waals surface area contributed by atoms with Crippen LogP contribution in [0.1, 0.15) is 5.82 Å². The van der Waals surface area contributed by atoms with E-state index in [1.54, 1.807) is 18.0 Å². The van der Waals surface area contributed by atoms with Crippen LogP contribution < -0.4 is 11.5 Å². The van der Waals surface area contributed by atoms with Gasteiger partial charge in [-0.3, -0.25) is 0 Å². The first-order valence-corrected chi connectivity index (χ1v) is 7.38. The molecular weight excluding hydrogens is 278 g/mol. The summed E-state index contributed by atoms with van der Waals surface area (Å²) in [6, 6.07) is 7.73. The van der Waals surface area contributed by atoms with E-state index >= 15 is 0 Å². The lowest BCUT2D eigenvalue weighted by atomic mass is 10.2. The Hall–Kier alpha value is -1.86. The zero-order valence-electron chi connectivity index (χ0n) is 9.91. The molecule has 0 atom stereocenters. The van der Waals surface area contributed by atoms with Gasteiger partial charge in [0.2, 0.25) is 0 Å². The molecule has 5 nitrogen and oxygen atoms in total. The minimum atomic E-state index is 0.519. The molecule has 0 spiro atoms. The van der Waals surface area contributed by atoms with Crippen LogP contribution in [0.15, 0.2) is 34.7 Å². The van der Waals surface area contributed by atoms with Gasteiger partial charge in [0, 0.05) is 5.39 Å². The number of thioether (sulfide) groups is 1. The van der Waals surface area contributed by atoms with Gasteiger partial charge in [-0.05, 0) is 12.1 Å². The molecule has 0 aliphatic carbocycles. The predicted molar refractivity (Wildman–Crippen MR) is 80.0 cm³/mol. The maximum Gasteiger partial charge on any atom is 0.181 e. The Labute approximate surface area is 118 Å². The van der Waals surface area contributed by atoms with E-state index in [9.17, 15) is 0 Å². The molecule has 19 heavy (non-hydrogen) atoms. The Morgan fingerprint density at radius 1 is 1.16 bits per heavy atom. The fourth-order valence-electron chi connectivity index (χ4n) is 1.69. The van der Waals surface area contributed by atoms with E-state index in [1.165, 1.54) is 11.3 Å². The first-order chi connectivity index (χ1) is 9.22. The molecule has 0 radical (unpaired) electrons. The van der Waals surface area contributed by atoms with Crippen LogP contribution in [0.5, 0.6) is 0 Å². The first kappa shape index (κ1) is 12.2. The van der Waals surface area contributed by atoms with E-state index in [0.29, 0.717) is 22.5 Å². The lowest BCUT2D eigenvalue weighted by Gasteiger charge is -2.04. The third-order valence-corrected chi connectivity index (χ3v) is 4.54. The van der Waals surface area contributed by atoms with Gasteiger partial charge in [-0.2, -0.15) is 0 Å². The number of hydrogen-bond donors (Lipinski definition) is 2. The highest BCUT2D eigenvalue weighted by atomic mass is 32.2. The second-order valence-electron chi connectivity index (χ2n) is 3.85. The predicted octanol–water partition coefficient (Wildman–Crippen LogP) is 2.54. The Morgan fingerprint density at radius 2 is 2.00 bits per heavy atom. The number of thiazole rings is 1. The van der Waals surface area contributed by atoms with Crippen LogP contribution in [-0.2, 0) is 5.75 Å². The largest absolute Gasteiger partial charge is 0.383 e. The fourth-order valence-corrected chi connectivity index (χ4v) is 3.30. The standard InChI is InChI=1S/C12H11N5S2/c13-11-7-3-1-2-4-8(7)16-9(17-11)6-18-10-5-15-12(14)19-10/h1-5H,6H2,(H2,14,15)(H2,13,16,17). The van der Waals surface area contributed by atoms with E-state index in [1.807, 2.05) is 24.3 Å². The monoisotopic (exact) mass is 289 g/mol. The molecule has 0 fully saturated rings. The van der Waals surface area contributed by atoms with Crippen LogP contribution in [0, 0.1) is 0 Å². The molecule has 3 rings (SSSR count). The number of benzene rings is 1. The van der Waals surface area contributed by atoms with Crippen molar-refractivity contribution < 1.29 is 0 Å². The van der Waals surface area contributed by atoms with Crippen molar-refractivity contribution in [1.82, 2.24) is 15.0 Å². The quantitative estimate of drug-likeness (QED) is 0.720. The van der Waals surface area contributed by atoms with E-state index < -0.39 is 0 Å². The van der Waals surface area contributed by atoms with Gasteiger partial charge in [0.05, 0.1) is 21.7 Å².